The molecule has 0 aliphatic heterocycles. The smallest absolute Gasteiger partial charge is 0.277 e. The van der Waals surface area contributed by atoms with E-state index >= 15 is 0 Å². The summed E-state index contributed by atoms with van der Waals surface area (Å²) in [6, 6.07) is 7.57. The van der Waals surface area contributed by atoms with Crippen LogP contribution in [0.15, 0.2) is 24.3 Å². The van der Waals surface area contributed by atoms with Gasteiger partial charge in [-0.1, -0.05) is 39.8 Å². The molecule has 0 saturated carbocycles. The minimum Gasteiger partial charge on any atom is -0.355 e. The highest BCUT2D eigenvalue weighted by atomic mass is 16.2. The number of rotatable bonds is 9. The maximum Gasteiger partial charge on any atom is 0.277 e. The van der Waals surface area contributed by atoms with Gasteiger partial charge in [-0.3, -0.25) is 9.59 Å². The summed E-state index contributed by atoms with van der Waals surface area (Å²) in [4.78, 5) is 27.4. The van der Waals surface area contributed by atoms with Gasteiger partial charge in [-0.2, -0.15) is 0 Å². The zero-order valence-corrected chi connectivity index (χ0v) is 16.6. The quantitative estimate of drug-likeness (QED) is 0.705. The Kier molecular flexibility index (Phi) is 8.62. The SMILES string of the molecule is CNC(=O)c1ccc(C[NH+](C)CC(=O)N(CC(C)C)CC(C)C)cc1. The number of hydrogen-bond donors (Lipinski definition) is 2. The molecule has 0 spiro atoms. The second-order valence-corrected chi connectivity index (χ2v) is 7.67. The molecule has 5 heteroatoms. The van der Waals surface area contributed by atoms with Crippen LogP contribution in [-0.4, -0.2) is 50.4 Å². The van der Waals surface area contributed by atoms with Gasteiger partial charge >= 0.3 is 0 Å². The van der Waals surface area contributed by atoms with Crippen LogP contribution >= 0.6 is 0 Å². The molecule has 0 aromatic heterocycles. The third-order valence-electron chi connectivity index (χ3n) is 3.93. The Morgan fingerprint density at radius 3 is 2.00 bits per heavy atom. The Balaban J connectivity index is 2.62. The van der Waals surface area contributed by atoms with Crippen LogP contribution in [-0.2, 0) is 11.3 Å². The molecule has 0 heterocycles. The summed E-state index contributed by atoms with van der Waals surface area (Å²) in [5.74, 6) is 1.07. The van der Waals surface area contributed by atoms with Crippen LogP contribution < -0.4 is 10.2 Å². The topological polar surface area (TPSA) is 53.9 Å². The van der Waals surface area contributed by atoms with Crippen LogP contribution in [0.3, 0.4) is 0 Å². The molecule has 140 valence electrons. The van der Waals surface area contributed by atoms with Crippen molar-refractivity contribution < 1.29 is 14.5 Å². The van der Waals surface area contributed by atoms with E-state index in [1.165, 1.54) is 0 Å². The molecular weight excluding hydrogens is 314 g/mol. The predicted molar refractivity (Wildman–Crippen MR) is 102 cm³/mol. The van der Waals surface area contributed by atoms with Crippen molar-refractivity contribution >= 4 is 11.8 Å². The number of benzene rings is 1. The molecule has 1 unspecified atom stereocenters. The van der Waals surface area contributed by atoms with Gasteiger partial charge < -0.3 is 15.1 Å². The molecule has 0 saturated heterocycles. The van der Waals surface area contributed by atoms with Gasteiger partial charge in [0.25, 0.3) is 11.8 Å². The highest BCUT2D eigenvalue weighted by Crippen LogP contribution is 2.05. The third-order valence-corrected chi connectivity index (χ3v) is 3.93. The van der Waals surface area contributed by atoms with Gasteiger partial charge in [-0.15, -0.1) is 0 Å². The summed E-state index contributed by atoms with van der Waals surface area (Å²) in [6.45, 7) is 11.4. The molecule has 1 aromatic rings. The van der Waals surface area contributed by atoms with Gasteiger partial charge in [0, 0.05) is 31.3 Å². The van der Waals surface area contributed by atoms with Crippen LogP contribution in [0.4, 0.5) is 0 Å². The number of nitrogens with one attached hydrogen (secondary N) is 2. The molecule has 0 aliphatic carbocycles. The molecule has 1 aromatic carbocycles. The molecule has 2 amide bonds. The van der Waals surface area contributed by atoms with E-state index in [9.17, 15) is 9.59 Å². The van der Waals surface area contributed by atoms with Crippen LogP contribution in [0.1, 0.15) is 43.6 Å². The monoisotopic (exact) mass is 348 g/mol. The summed E-state index contributed by atoms with van der Waals surface area (Å²) in [7, 11) is 3.66. The molecule has 2 N–H and O–H groups in total. The van der Waals surface area contributed by atoms with Crippen molar-refractivity contribution in [1.82, 2.24) is 10.2 Å². The first-order valence-electron chi connectivity index (χ1n) is 9.13. The van der Waals surface area contributed by atoms with Crippen molar-refractivity contribution in [2.45, 2.75) is 34.2 Å². The molecular formula is C20H34N3O2+. The van der Waals surface area contributed by atoms with E-state index in [2.05, 4.69) is 33.0 Å². The highest BCUT2D eigenvalue weighted by Gasteiger charge is 2.20. The van der Waals surface area contributed by atoms with Crippen LogP contribution in [0.25, 0.3) is 0 Å². The van der Waals surface area contributed by atoms with E-state index in [1.807, 2.05) is 36.2 Å². The number of nitrogens with zero attached hydrogens (tertiary/aromatic N) is 1. The van der Waals surface area contributed by atoms with Crippen LogP contribution in [0, 0.1) is 11.8 Å². The van der Waals surface area contributed by atoms with Crippen molar-refractivity contribution in [3.05, 3.63) is 35.4 Å². The standard InChI is InChI=1S/C20H33N3O2/c1-15(2)11-23(12-16(3)4)19(24)14-22(6)13-17-7-9-18(10-8-17)20(25)21-5/h7-10,15-16H,11-14H2,1-6H3,(H,21,25)/p+1. The van der Waals surface area contributed by atoms with Gasteiger partial charge in [0.15, 0.2) is 6.54 Å². The number of carbonyl (C=O) groups is 2. The average molecular weight is 349 g/mol. The lowest BCUT2D eigenvalue weighted by molar-refractivity contribution is -0.885. The van der Waals surface area contributed by atoms with Crippen molar-refractivity contribution in [2.24, 2.45) is 11.8 Å². The third kappa shape index (κ3) is 7.69. The number of quaternary nitrogens is 1. The van der Waals surface area contributed by atoms with Gasteiger partial charge in [0.1, 0.15) is 6.54 Å². The predicted octanol–water partition coefficient (Wildman–Crippen LogP) is 1.20. The molecule has 0 aliphatic rings. The molecule has 1 atom stereocenters. The number of likely N-dealkylation sites (N-methyl/N-ethyl adjacent to an activating group) is 1. The summed E-state index contributed by atoms with van der Waals surface area (Å²) >= 11 is 0. The van der Waals surface area contributed by atoms with Crippen molar-refractivity contribution in [1.29, 1.82) is 0 Å². The highest BCUT2D eigenvalue weighted by molar-refractivity contribution is 5.93. The lowest BCUT2D eigenvalue weighted by atomic mass is 10.1. The lowest BCUT2D eigenvalue weighted by Crippen LogP contribution is -3.08. The summed E-state index contributed by atoms with van der Waals surface area (Å²) in [5, 5.41) is 2.62. The van der Waals surface area contributed by atoms with E-state index in [-0.39, 0.29) is 11.8 Å². The Morgan fingerprint density at radius 1 is 1.04 bits per heavy atom. The Bertz CT molecular complexity index is 543. The fraction of sp³-hybridized carbons (Fsp3) is 0.600. The number of amides is 2. The van der Waals surface area contributed by atoms with Gasteiger partial charge in [-0.25, -0.2) is 0 Å². The fourth-order valence-corrected chi connectivity index (χ4v) is 2.86. The minimum atomic E-state index is -0.0829. The molecule has 0 radical (unpaired) electrons. The molecule has 0 fully saturated rings. The summed E-state index contributed by atoms with van der Waals surface area (Å²) in [5.41, 5.74) is 1.78. The Hall–Kier alpha value is -1.88. The van der Waals surface area contributed by atoms with Gasteiger partial charge in [-0.05, 0) is 24.0 Å². The Morgan fingerprint density at radius 2 is 1.56 bits per heavy atom. The summed E-state index contributed by atoms with van der Waals surface area (Å²) in [6.07, 6.45) is 0. The van der Waals surface area contributed by atoms with E-state index in [0.717, 1.165) is 30.1 Å². The zero-order chi connectivity index (χ0) is 19.0. The van der Waals surface area contributed by atoms with E-state index in [0.29, 0.717) is 23.9 Å². The maximum absolute atomic E-state index is 12.6. The second-order valence-electron chi connectivity index (χ2n) is 7.67. The fourth-order valence-electron chi connectivity index (χ4n) is 2.86. The minimum absolute atomic E-state index is 0.0829. The summed E-state index contributed by atoms with van der Waals surface area (Å²) < 4.78 is 0. The van der Waals surface area contributed by atoms with Crippen molar-refractivity contribution in [3.63, 3.8) is 0 Å². The normalized spacial score (nSPS) is 12.3. The molecule has 25 heavy (non-hydrogen) atoms. The van der Waals surface area contributed by atoms with Gasteiger partial charge in [0.2, 0.25) is 0 Å². The number of carbonyl (C=O) groups excluding carboxylic acids is 2. The first-order valence-corrected chi connectivity index (χ1v) is 9.13. The molecule has 5 nitrogen and oxygen atoms in total. The molecule has 1 rings (SSSR count). The zero-order valence-electron chi connectivity index (χ0n) is 16.6. The second kappa shape index (κ2) is 10.2. The van der Waals surface area contributed by atoms with E-state index in [1.54, 1.807) is 7.05 Å². The van der Waals surface area contributed by atoms with Gasteiger partial charge in [0.05, 0.1) is 7.05 Å². The lowest BCUT2D eigenvalue weighted by Gasteiger charge is -2.27. The largest absolute Gasteiger partial charge is 0.355 e. The first-order chi connectivity index (χ1) is 11.7. The van der Waals surface area contributed by atoms with Crippen molar-refractivity contribution in [2.75, 3.05) is 33.7 Å². The maximum atomic E-state index is 12.6. The average Bonchev–Trinajstić information content (AvgIpc) is 2.53. The Labute approximate surface area is 152 Å². The van der Waals surface area contributed by atoms with Crippen LogP contribution in [0.5, 0.6) is 0 Å². The van der Waals surface area contributed by atoms with E-state index in [4.69, 9.17) is 0 Å². The van der Waals surface area contributed by atoms with Crippen LogP contribution in [0.2, 0.25) is 0 Å². The molecule has 0 bridgehead atoms. The van der Waals surface area contributed by atoms with Crippen molar-refractivity contribution in [3.8, 4) is 0 Å². The first kappa shape index (κ1) is 21.2. The number of hydrogen-bond acceptors (Lipinski definition) is 2. The van der Waals surface area contributed by atoms with E-state index < -0.39 is 0 Å².